The van der Waals surface area contributed by atoms with E-state index in [1.54, 1.807) is 6.92 Å². The standard InChI is InChI=1S/C12H23N3O3/c1-3-18-12(17)14-11(16)8-15-6-4-5-10(7-15)9(2)13/h9-10H,3-8,13H2,1-2H3,(H,14,16,17). The Labute approximate surface area is 108 Å². The number of piperidine rings is 1. The lowest BCUT2D eigenvalue weighted by Crippen LogP contribution is -2.47. The van der Waals surface area contributed by atoms with Crippen LogP contribution in [0.5, 0.6) is 0 Å². The first-order valence-corrected chi connectivity index (χ1v) is 6.47. The summed E-state index contributed by atoms with van der Waals surface area (Å²) >= 11 is 0. The van der Waals surface area contributed by atoms with Crippen LogP contribution in [0.2, 0.25) is 0 Å². The Morgan fingerprint density at radius 1 is 1.56 bits per heavy atom. The van der Waals surface area contributed by atoms with E-state index in [4.69, 9.17) is 5.73 Å². The molecular weight excluding hydrogens is 234 g/mol. The van der Waals surface area contributed by atoms with Crippen LogP contribution in [-0.4, -0.2) is 49.2 Å². The zero-order chi connectivity index (χ0) is 13.5. The molecule has 1 aliphatic rings. The van der Waals surface area contributed by atoms with Gasteiger partial charge in [0.1, 0.15) is 0 Å². The number of nitrogens with one attached hydrogen (secondary N) is 1. The number of nitrogens with two attached hydrogens (primary N) is 1. The van der Waals surface area contributed by atoms with E-state index in [9.17, 15) is 9.59 Å². The van der Waals surface area contributed by atoms with E-state index in [-0.39, 0.29) is 25.1 Å². The molecular formula is C12H23N3O3. The van der Waals surface area contributed by atoms with E-state index in [2.05, 4.69) is 10.1 Å². The van der Waals surface area contributed by atoms with Gasteiger partial charge >= 0.3 is 6.09 Å². The summed E-state index contributed by atoms with van der Waals surface area (Å²) in [5.41, 5.74) is 5.88. The predicted molar refractivity (Wildman–Crippen MR) is 68.0 cm³/mol. The number of carbonyl (C=O) groups excluding carboxylic acids is 2. The summed E-state index contributed by atoms with van der Waals surface area (Å²) in [6.07, 6.45) is 1.47. The molecule has 0 aromatic heterocycles. The van der Waals surface area contributed by atoms with Crippen LogP contribution in [0.3, 0.4) is 0 Å². The minimum atomic E-state index is -0.678. The van der Waals surface area contributed by atoms with Crippen molar-refractivity contribution >= 4 is 12.0 Å². The molecule has 0 aromatic carbocycles. The summed E-state index contributed by atoms with van der Waals surface area (Å²) in [6.45, 7) is 5.86. The molecule has 1 saturated heterocycles. The predicted octanol–water partition coefficient (Wildman–Crippen LogP) is 0.318. The van der Waals surface area contributed by atoms with Crippen molar-refractivity contribution in [3.8, 4) is 0 Å². The Hall–Kier alpha value is -1.14. The lowest BCUT2D eigenvalue weighted by Gasteiger charge is -2.33. The molecule has 6 nitrogen and oxygen atoms in total. The highest BCUT2D eigenvalue weighted by Gasteiger charge is 2.24. The molecule has 0 radical (unpaired) electrons. The Kier molecular flexibility index (Phi) is 6.07. The van der Waals surface area contributed by atoms with E-state index in [1.165, 1.54) is 0 Å². The summed E-state index contributed by atoms with van der Waals surface area (Å²) in [4.78, 5) is 24.7. The Morgan fingerprint density at radius 2 is 2.28 bits per heavy atom. The van der Waals surface area contributed by atoms with E-state index in [1.807, 2.05) is 11.8 Å². The SMILES string of the molecule is CCOC(=O)NC(=O)CN1CCCC(C(C)N)C1. The van der Waals surface area contributed by atoms with Crippen LogP contribution >= 0.6 is 0 Å². The average Bonchev–Trinajstić information content (AvgIpc) is 2.29. The Morgan fingerprint density at radius 3 is 2.89 bits per heavy atom. The van der Waals surface area contributed by atoms with Crippen molar-refractivity contribution in [1.29, 1.82) is 0 Å². The topological polar surface area (TPSA) is 84.7 Å². The van der Waals surface area contributed by atoms with Gasteiger partial charge in [0.2, 0.25) is 5.91 Å². The molecule has 6 heteroatoms. The molecule has 104 valence electrons. The largest absolute Gasteiger partial charge is 0.450 e. The first kappa shape index (κ1) is 14.9. The highest BCUT2D eigenvalue weighted by atomic mass is 16.5. The van der Waals surface area contributed by atoms with Gasteiger partial charge in [-0.05, 0) is 39.2 Å². The highest BCUT2D eigenvalue weighted by Crippen LogP contribution is 2.18. The van der Waals surface area contributed by atoms with Gasteiger partial charge in [-0.2, -0.15) is 0 Å². The first-order valence-electron chi connectivity index (χ1n) is 6.47. The van der Waals surface area contributed by atoms with E-state index < -0.39 is 6.09 Å². The summed E-state index contributed by atoms with van der Waals surface area (Å²) in [5.74, 6) is 0.105. The number of rotatable bonds is 4. The van der Waals surface area contributed by atoms with Crippen molar-refractivity contribution in [2.45, 2.75) is 32.7 Å². The lowest BCUT2D eigenvalue weighted by molar-refractivity contribution is -0.122. The van der Waals surface area contributed by atoms with Crippen molar-refractivity contribution in [2.24, 2.45) is 11.7 Å². The van der Waals surface area contributed by atoms with E-state index in [0.29, 0.717) is 5.92 Å². The Balaban J connectivity index is 2.33. The second kappa shape index (κ2) is 7.33. The molecule has 1 fully saturated rings. The molecule has 2 atom stereocenters. The lowest BCUT2D eigenvalue weighted by atomic mass is 9.92. The van der Waals surface area contributed by atoms with Crippen LogP contribution in [0.1, 0.15) is 26.7 Å². The molecule has 1 rings (SSSR count). The molecule has 0 bridgehead atoms. The van der Waals surface area contributed by atoms with Crippen molar-refractivity contribution in [3.05, 3.63) is 0 Å². The minimum Gasteiger partial charge on any atom is -0.450 e. The molecule has 2 amide bonds. The number of likely N-dealkylation sites (tertiary alicyclic amines) is 1. The summed E-state index contributed by atoms with van der Waals surface area (Å²) in [7, 11) is 0. The quantitative estimate of drug-likeness (QED) is 0.757. The monoisotopic (exact) mass is 257 g/mol. The van der Waals surface area contributed by atoms with Crippen LogP contribution in [0.15, 0.2) is 0 Å². The number of hydrogen-bond acceptors (Lipinski definition) is 5. The van der Waals surface area contributed by atoms with Crippen LogP contribution in [0, 0.1) is 5.92 Å². The number of carbonyl (C=O) groups is 2. The maximum Gasteiger partial charge on any atom is 0.413 e. The third-order valence-electron chi connectivity index (χ3n) is 3.17. The zero-order valence-electron chi connectivity index (χ0n) is 11.1. The van der Waals surface area contributed by atoms with Crippen molar-refractivity contribution in [2.75, 3.05) is 26.2 Å². The molecule has 1 heterocycles. The van der Waals surface area contributed by atoms with Crippen molar-refractivity contribution in [1.82, 2.24) is 10.2 Å². The van der Waals surface area contributed by atoms with Gasteiger partial charge in [0.05, 0.1) is 13.2 Å². The molecule has 0 aliphatic carbocycles. The normalized spacial score (nSPS) is 22.3. The van der Waals surface area contributed by atoms with Gasteiger partial charge in [-0.25, -0.2) is 4.79 Å². The van der Waals surface area contributed by atoms with Gasteiger partial charge in [-0.3, -0.25) is 15.0 Å². The smallest absolute Gasteiger partial charge is 0.413 e. The average molecular weight is 257 g/mol. The summed E-state index contributed by atoms with van der Waals surface area (Å²) < 4.78 is 4.65. The van der Waals surface area contributed by atoms with Crippen molar-refractivity contribution < 1.29 is 14.3 Å². The van der Waals surface area contributed by atoms with Gasteiger partial charge < -0.3 is 10.5 Å². The second-order valence-electron chi connectivity index (χ2n) is 4.77. The molecule has 18 heavy (non-hydrogen) atoms. The number of amides is 2. The molecule has 0 spiro atoms. The fourth-order valence-corrected chi connectivity index (χ4v) is 2.19. The maximum absolute atomic E-state index is 11.6. The van der Waals surface area contributed by atoms with Crippen LogP contribution < -0.4 is 11.1 Å². The number of hydrogen-bond donors (Lipinski definition) is 2. The van der Waals surface area contributed by atoms with E-state index in [0.717, 1.165) is 25.9 Å². The number of alkyl carbamates (subject to hydrolysis) is 1. The number of ether oxygens (including phenoxy) is 1. The first-order chi connectivity index (χ1) is 8.52. The van der Waals surface area contributed by atoms with Gasteiger partial charge in [0, 0.05) is 12.6 Å². The third-order valence-corrected chi connectivity index (χ3v) is 3.17. The molecule has 2 unspecified atom stereocenters. The van der Waals surface area contributed by atoms with Crippen molar-refractivity contribution in [3.63, 3.8) is 0 Å². The van der Waals surface area contributed by atoms with Crippen LogP contribution in [0.4, 0.5) is 4.79 Å². The number of imide groups is 1. The number of nitrogens with zero attached hydrogens (tertiary/aromatic N) is 1. The highest BCUT2D eigenvalue weighted by molar-refractivity contribution is 5.92. The third kappa shape index (κ3) is 5.01. The van der Waals surface area contributed by atoms with Gasteiger partial charge in [-0.1, -0.05) is 0 Å². The fourth-order valence-electron chi connectivity index (χ4n) is 2.19. The second-order valence-corrected chi connectivity index (χ2v) is 4.77. The zero-order valence-corrected chi connectivity index (χ0v) is 11.1. The van der Waals surface area contributed by atoms with Crippen LogP contribution in [-0.2, 0) is 9.53 Å². The summed E-state index contributed by atoms with van der Waals surface area (Å²) in [5, 5.41) is 2.20. The minimum absolute atomic E-state index is 0.140. The van der Waals surface area contributed by atoms with Gasteiger partial charge in [-0.15, -0.1) is 0 Å². The fraction of sp³-hybridized carbons (Fsp3) is 0.833. The molecule has 1 aliphatic heterocycles. The summed E-state index contributed by atoms with van der Waals surface area (Å²) in [6, 6.07) is 0.140. The van der Waals surface area contributed by atoms with E-state index >= 15 is 0 Å². The maximum atomic E-state index is 11.6. The van der Waals surface area contributed by atoms with Gasteiger partial charge in [0.25, 0.3) is 0 Å². The molecule has 3 N–H and O–H groups in total. The molecule has 0 aromatic rings. The molecule has 0 saturated carbocycles. The van der Waals surface area contributed by atoms with Crippen LogP contribution in [0.25, 0.3) is 0 Å². The Bertz CT molecular complexity index is 294. The van der Waals surface area contributed by atoms with Gasteiger partial charge in [0.15, 0.2) is 0 Å².